The van der Waals surface area contributed by atoms with Crippen molar-refractivity contribution in [2.24, 2.45) is 46.3 Å². The molecule has 0 aliphatic heterocycles. The Bertz CT molecular complexity index is 520. The second kappa shape index (κ2) is 4.85. The van der Waals surface area contributed by atoms with Gasteiger partial charge in [0, 0.05) is 11.3 Å². The summed E-state index contributed by atoms with van der Waals surface area (Å²) in [7, 11) is 0. The number of fused-ring (bicyclic) bond motifs is 5. The Morgan fingerprint density at radius 3 is 2.48 bits per heavy atom. The Kier molecular flexibility index (Phi) is 3.16. The molecular weight excluding hydrogens is 280 g/mol. The summed E-state index contributed by atoms with van der Waals surface area (Å²) in [6.45, 7) is 5.01. The molecule has 5 saturated carbocycles. The largest absolute Gasteiger partial charge is 0.299 e. The molecule has 0 heterocycles. The van der Waals surface area contributed by atoms with Gasteiger partial charge >= 0.3 is 0 Å². The molecule has 0 N–H and O–H groups in total. The maximum atomic E-state index is 13.2. The minimum atomic E-state index is 0.0618. The molecule has 0 spiro atoms. The van der Waals surface area contributed by atoms with Gasteiger partial charge in [0.15, 0.2) is 0 Å². The summed E-state index contributed by atoms with van der Waals surface area (Å²) in [4.78, 5) is 13.2. The zero-order valence-electron chi connectivity index (χ0n) is 15.2. The van der Waals surface area contributed by atoms with E-state index in [0.29, 0.717) is 17.1 Å². The lowest BCUT2D eigenvalue weighted by atomic mass is 9.45. The average molecular weight is 315 g/mol. The Hall–Kier alpha value is -0.330. The molecule has 1 nitrogen and oxygen atoms in total. The van der Waals surface area contributed by atoms with Gasteiger partial charge in [-0.3, -0.25) is 4.79 Å². The fraction of sp³-hybridized carbons (Fsp3) is 0.955. The predicted molar refractivity (Wildman–Crippen MR) is 92.9 cm³/mol. The standard InChI is InChI=1S/C22H34O/c1-21-11-4-3-5-15(21)8-9-16-18(21)10-12-22(2)19(16)13-17(20(22)23)14-6-7-14/h14-19H,3-13H2,1-2H3/t15-,16-,17?,18+,19+,21+,22+/m1/s1. The molecule has 128 valence electrons. The maximum absolute atomic E-state index is 13.2. The maximum Gasteiger partial charge on any atom is 0.142 e. The van der Waals surface area contributed by atoms with Crippen LogP contribution in [0.1, 0.15) is 84.5 Å². The van der Waals surface area contributed by atoms with E-state index >= 15 is 0 Å². The Labute approximate surface area is 142 Å². The van der Waals surface area contributed by atoms with Crippen molar-refractivity contribution in [2.75, 3.05) is 0 Å². The van der Waals surface area contributed by atoms with Crippen molar-refractivity contribution in [3.8, 4) is 0 Å². The van der Waals surface area contributed by atoms with E-state index in [-0.39, 0.29) is 5.41 Å². The topological polar surface area (TPSA) is 17.1 Å². The van der Waals surface area contributed by atoms with Crippen LogP contribution in [-0.4, -0.2) is 5.78 Å². The van der Waals surface area contributed by atoms with E-state index in [2.05, 4.69) is 13.8 Å². The monoisotopic (exact) mass is 314 g/mol. The number of Topliss-reactive ketones (excluding diaryl/α,β-unsaturated/α-hetero) is 1. The van der Waals surface area contributed by atoms with Crippen molar-refractivity contribution in [1.29, 1.82) is 0 Å². The van der Waals surface area contributed by atoms with Crippen molar-refractivity contribution in [3.05, 3.63) is 0 Å². The van der Waals surface area contributed by atoms with Gasteiger partial charge in [0.1, 0.15) is 5.78 Å². The normalized spacial score (nSPS) is 55.9. The first-order valence-electron chi connectivity index (χ1n) is 10.6. The van der Waals surface area contributed by atoms with Gasteiger partial charge in [-0.1, -0.05) is 26.7 Å². The molecule has 23 heavy (non-hydrogen) atoms. The summed E-state index contributed by atoms with van der Waals surface area (Å²) in [5.74, 6) is 5.48. The fourth-order valence-corrected chi connectivity index (χ4v) is 8.07. The highest BCUT2D eigenvalue weighted by atomic mass is 16.1. The van der Waals surface area contributed by atoms with Gasteiger partial charge in [0.2, 0.25) is 0 Å². The quantitative estimate of drug-likeness (QED) is 0.613. The Balaban J connectivity index is 1.46. The molecule has 1 heteroatoms. The van der Waals surface area contributed by atoms with E-state index in [9.17, 15) is 4.79 Å². The van der Waals surface area contributed by atoms with E-state index in [1.165, 1.54) is 70.6 Å². The highest BCUT2D eigenvalue weighted by Gasteiger charge is 2.63. The minimum absolute atomic E-state index is 0.0618. The molecule has 0 aromatic rings. The number of carbonyl (C=O) groups excluding carboxylic acids is 1. The first kappa shape index (κ1) is 15.0. The van der Waals surface area contributed by atoms with Crippen LogP contribution >= 0.6 is 0 Å². The summed E-state index contributed by atoms with van der Waals surface area (Å²) in [6.07, 6.45) is 15.3. The van der Waals surface area contributed by atoms with Crippen LogP contribution in [0, 0.1) is 46.3 Å². The molecule has 1 unspecified atom stereocenters. The van der Waals surface area contributed by atoms with E-state index in [4.69, 9.17) is 0 Å². The molecule has 0 bridgehead atoms. The first-order chi connectivity index (χ1) is 11.0. The van der Waals surface area contributed by atoms with Crippen LogP contribution in [0.3, 0.4) is 0 Å². The fourth-order valence-electron chi connectivity index (χ4n) is 8.07. The minimum Gasteiger partial charge on any atom is -0.299 e. The number of hydrogen-bond donors (Lipinski definition) is 0. The van der Waals surface area contributed by atoms with Crippen LogP contribution in [0.5, 0.6) is 0 Å². The second-order valence-corrected chi connectivity index (χ2v) is 10.4. The van der Waals surface area contributed by atoms with Crippen molar-refractivity contribution in [1.82, 2.24) is 0 Å². The van der Waals surface area contributed by atoms with Gasteiger partial charge in [-0.2, -0.15) is 0 Å². The molecule has 5 fully saturated rings. The lowest BCUT2D eigenvalue weighted by molar-refractivity contribution is -0.140. The van der Waals surface area contributed by atoms with Crippen LogP contribution in [0.2, 0.25) is 0 Å². The van der Waals surface area contributed by atoms with Gasteiger partial charge in [0.25, 0.3) is 0 Å². The van der Waals surface area contributed by atoms with E-state index in [0.717, 1.165) is 29.6 Å². The Morgan fingerprint density at radius 1 is 0.870 bits per heavy atom. The molecule has 0 saturated heterocycles. The molecule has 5 aliphatic rings. The van der Waals surface area contributed by atoms with E-state index < -0.39 is 0 Å². The van der Waals surface area contributed by atoms with Gasteiger partial charge in [-0.05, 0) is 92.8 Å². The van der Waals surface area contributed by atoms with Crippen LogP contribution in [-0.2, 0) is 4.79 Å². The highest BCUT2D eigenvalue weighted by molar-refractivity contribution is 5.90. The summed E-state index contributed by atoms with van der Waals surface area (Å²) in [5.41, 5.74) is 0.676. The zero-order chi connectivity index (χ0) is 15.8. The lowest BCUT2D eigenvalue weighted by Gasteiger charge is -2.59. The van der Waals surface area contributed by atoms with Gasteiger partial charge in [-0.25, -0.2) is 0 Å². The third-order valence-corrected chi connectivity index (χ3v) is 9.57. The van der Waals surface area contributed by atoms with Crippen molar-refractivity contribution < 1.29 is 4.79 Å². The van der Waals surface area contributed by atoms with Gasteiger partial charge < -0.3 is 0 Å². The Morgan fingerprint density at radius 2 is 1.70 bits per heavy atom. The molecule has 0 radical (unpaired) electrons. The number of hydrogen-bond acceptors (Lipinski definition) is 1. The smallest absolute Gasteiger partial charge is 0.142 e. The van der Waals surface area contributed by atoms with E-state index in [1.807, 2.05) is 0 Å². The number of carbonyl (C=O) groups is 1. The highest BCUT2D eigenvalue weighted by Crippen LogP contribution is 2.67. The van der Waals surface area contributed by atoms with Crippen molar-refractivity contribution in [3.63, 3.8) is 0 Å². The molecular formula is C22H34O. The van der Waals surface area contributed by atoms with E-state index in [1.54, 1.807) is 0 Å². The molecule has 0 aromatic carbocycles. The molecule has 0 amide bonds. The molecule has 5 rings (SSSR count). The third kappa shape index (κ3) is 1.94. The molecule has 7 atom stereocenters. The van der Waals surface area contributed by atoms with Crippen LogP contribution in [0.4, 0.5) is 0 Å². The first-order valence-corrected chi connectivity index (χ1v) is 10.6. The summed E-state index contributed by atoms with van der Waals surface area (Å²) < 4.78 is 0. The zero-order valence-corrected chi connectivity index (χ0v) is 15.2. The van der Waals surface area contributed by atoms with Gasteiger partial charge in [0.05, 0.1) is 0 Å². The van der Waals surface area contributed by atoms with Gasteiger partial charge in [-0.15, -0.1) is 0 Å². The van der Waals surface area contributed by atoms with Crippen LogP contribution in [0.25, 0.3) is 0 Å². The second-order valence-electron chi connectivity index (χ2n) is 10.4. The SMILES string of the molecule is C[C@]12CCCC[C@@H]1CC[C@@H]1[C@@H]2CC[C@]2(C)C(=O)C(C3CC3)C[C@@H]12. The molecule has 0 aromatic heterocycles. The third-order valence-electron chi connectivity index (χ3n) is 9.57. The summed E-state index contributed by atoms with van der Waals surface area (Å²) in [5, 5.41) is 0. The average Bonchev–Trinajstić information content (AvgIpc) is 3.33. The van der Waals surface area contributed by atoms with Crippen molar-refractivity contribution in [2.45, 2.75) is 84.5 Å². The molecule has 5 aliphatic carbocycles. The predicted octanol–water partition coefficient (Wildman–Crippen LogP) is 5.62. The number of rotatable bonds is 1. The summed E-state index contributed by atoms with van der Waals surface area (Å²) >= 11 is 0. The van der Waals surface area contributed by atoms with Crippen molar-refractivity contribution >= 4 is 5.78 Å². The lowest BCUT2D eigenvalue weighted by Crippen LogP contribution is -2.52. The number of ketones is 1. The van der Waals surface area contributed by atoms with Crippen LogP contribution in [0.15, 0.2) is 0 Å². The summed E-state index contributed by atoms with van der Waals surface area (Å²) in [6, 6.07) is 0. The van der Waals surface area contributed by atoms with Crippen LogP contribution < -0.4 is 0 Å².